The first-order valence-corrected chi connectivity index (χ1v) is 9.21. The fourth-order valence-corrected chi connectivity index (χ4v) is 2.72. The first-order chi connectivity index (χ1) is 13.6. The van der Waals surface area contributed by atoms with Crippen molar-refractivity contribution in [1.29, 1.82) is 0 Å². The van der Waals surface area contributed by atoms with Gasteiger partial charge in [-0.25, -0.2) is 4.39 Å². The summed E-state index contributed by atoms with van der Waals surface area (Å²) >= 11 is 0. The molecule has 5 nitrogen and oxygen atoms in total. The van der Waals surface area contributed by atoms with Crippen LogP contribution in [0, 0.1) is 5.41 Å². The van der Waals surface area contributed by atoms with Crippen LogP contribution in [0.15, 0.2) is 54.6 Å². The smallest absolute Gasteiger partial charge is 0.326 e. The van der Waals surface area contributed by atoms with E-state index in [2.05, 4.69) is 0 Å². The lowest BCUT2D eigenvalue weighted by Crippen LogP contribution is -2.45. The molecule has 150 valence electrons. The highest BCUT2D eigenvalue weighted by Gasteiger charge is 2.49. The molecule has 0 saturated heterocycles. The van der Waals surface area contributed by atoms with Crippen molar-refractivity contribution in [2.75, 3.05) is 19.9 Å². The molecule has 0 N–H and O–H groups in total. The summed E-state index contributed by atoms with van der Waals surface area (Å²) in [6.07, 6.45) is -0.153. The molecule has 0 aromatic heterocycles. The fraction of sp³-hybridized carbons (Fsp3) is 0.364. The summed E-state index contributed by atoms with van der Waals surface area (Å²) in [6.45, 7) is 2.52. The Morgan fingerprint density at radius 3 is 1.93 bits per heavy atom. The van der Waals surface area contributed by atoms with E-state index in [0.29, 0.717) is 17.9 Å². The van der Waals surface area contributed by atoms with Gasteiger partial charge in [-0.2, -0.15) is 0 Å². The van der Waals surface area contributed by atoms with Gasteiger partial charge in [0.15, 0.2) is 5.41 Å². The number of benzene rings is 2. The summed E-state index contributed by atoms with van der Waals surface area (Å²) < 4.78 is 29.5. The van der Waals surface area contributed by atoms with Crippen LogP contribution in [0.1, 0.15) is 25.0 Å². The van der Waals surface area contributed by atoms with Crippen LogP contribution >= 0.6 is 0 Å². The lowest BCUT2D eigenvalue weighted by atomic mass is 9.82. The van der Waals surface area contributed by atoms with Crippen molar-refractivity contribution in [3.05, 3.63) is 65.7 Å². The second kappa shape index (κ2) is 10.4. The third-order valence-corrected chi connectivity index (χ3v) is 4.24. The van der Waals surface area contributed by atoms with Crippen LogP contribution in [0.5, 0.6) is 5.75 Å². The maximum absolute atomic E-state index is 13.9. The molecule has 0 aliphatic heterocycles. The molecule has 0 aliphatic rings. The maximum Gasteiger partial charge on any atom is 0.326 e. The standard InChI is InChI=1S/C22H25FO5/c1-3-26-20(24)22(16-23,21(25)27-4-2)14-17-10-12-19(13-11-17)28-15-18-8-6-5-7-9-18/h5-13H,3-4,14-16H2,1-2H3. The van der Waals surface area contributed by atoms with Gasteiger partial charge in [0.1, 0.15) is 19.0 Å². The van der Waals surface area contributed by atoms with Crippen LogP contribution in [-0.2, 0) is 32.1 Å². The predicted molar refractivity (Wildman–Crippen MR) is 103 cm³/mol. The van der Waals surface area contributed by atoms with Gasteiger partial charge in [-0.1, -0.05) is 42.5 Å². The molecule has 0 saturated carbocycles. The van der Waals surface area contributed by atoms with Crippen LogP contribution in [-0.4, -0.2) is 31.8 Å². The first-order valence-electron chi connectivity index (χ1n) is 9.21. The normalized spacial score (nSPS) is 11.0. The van der Waals surface area contributed by atoms with Crippen molar-refractivity contribution >= 4 is 11.9 Å². The minimum Gasteiger partial charge on any atom is -0.489 e. The Labute approximate surface area is 164 Å². The molecule has 0 radical (unpaired) electrons. The van der Waals surface area contributed by atoms with E-state index in [0.717, 1.165) is 5.56 Å². The van der Waals surface area contributed by atoms with Crippen molar-refractivity contribution in [1.82, 2.24) is 0 Å². The summed E-state index contributed by atoms with van der Waals surface area (Å²) in [6, 6.07) is 16.6. The lowest BCUT2D eigenvalue weighted by molar-refractivity contribution is -0.173. The van der Waals surface area contributed by atoms with Gasteiger partial charge in [-0.3, -0.25) is 9.59 Å². The molecule has 0 atom stereocenters. The van der Waals surface area contributed by atoms with Gasteiger partial charge in [0.25, 0.3) is 0 Å². The van der Waals surface area contributed by atoms with E-state index in [1.54, 1.807) is 38.1 Å². The summed E-state index contributed by atoms with van der Waals surface area (Å²) in [5.41, 5.74) is -0.364. The van der Waals surface area contributed by atoms with E-state index in [-0.39, 0.29) is 19.6 Å². The van der Waals surface area contributed by atoms with Crippen molar-refractivity contribution < 1.29 is 28.2 Å². The molecular formula is C22H25FO5. The van der Waals surface area contributed by atoms with E-state index in [1.165, 1.54) is 0 Å². The molecule has 2 aromatic rings. The van der Waals surface area contributed by atoms with Crippen LogP contribution < -0.4 is 4.74 Å². The second-order valence-electron chi connectivity index (χ2n) is 6.25. The van der Waals surface area contributed by atoms with Gasteiger partial charge < -0.3 is 14.2 Å². The van der Waals surface area contributed by atoms with Gasteiger partial charge in [-0.05, 0) is 37.1 Å². The highest BCUT2D eigenvalue weighted by molar-refractivity contribution is 6.00. The first kappa shape index (κ1) is 21.4. The summed E-state index contributed by atoms with van der Waals surface area (Å²) in [5.74, 6) is -1.20. The van der Waals surface area contributed by atoms with E-state index in [4.69, 9.17) is 14.2 Å². The van der Waals surface area contributed by atoms with Crippen LogP contribution in [0.4, 0.5) is 4.39 Å². The number of hydrogen-bond donors (Lipinski definition) is 0. The number of carbonyl (C=O) groups excluding carboxylic acids is 2. The largest absolute Gasteiger partial charge is 0.489 e. The fourth-order valence-electron chi connectivity index (χ4n) is 2.72. The number of alkyl halides is 1. The SMILES string of the molecule is CCOC(=O)C(CF)(Cc1ccc(OCc2ccccc2)cc1)C(=O)OCC. The topological polar surface area (TPSA) is 61.8 Å². The number of halogens is 1. The monoisotopic (exact) mass is 388 g/mol. The average molecular weight is 388 g/mol. The highest BCUT2D eigenvalue weighted by atomic mass is 19.1. The predicted octanol–water partition coefficient (Wildman–Crippen LogP) is 3.89. The van der Waals surface area contributed by atoms with Crippen molar-refractivity contribution in [2.24, 2.45) is 5.41 Å². The Bertz CT molecular complexity index is 740. The molecule has 0 aliphatic carbocycles. The summed E-state index contributed by atoms with van der Waals surface area (Å²) in [5, 5.41) is 0. The third-order valence-electron chi connectivity index (χ3n) is 4.24. The Morgan fingerprint density at radius 2 is 1.43 bits per heavy atom. The van der Waals surface area contributed by atoms with Crippen LogP contribution in [0.3, 0.4) is 0 Å². The minimum atomic E-state index is -2.00. The molecule has 6 heteroatoms. The number of ether oxygens (including phenoxy) is 3. The molecule has 0 unspecified atom stereocenters. The third kappa shape index (κ3) is 5.31. The Morgan fingerprint density at radius 1 is 0.857 bits per heavy atom. The van der Waals surface area contributed by atoms with Gasteiger partial charge in [0, 0.05) is 6.42 Å². The van der Waals surface area contributed by atoms with Crippen LogP contribution in [0.25, 0.3) is 0 Å². The average Bonchev–Trinajstić information content (AvgIpc) is 2.72. The molecule has 0 spiro atoms. The number of hydrogen-bond acceptors (Lipinski definition) is 5. The Hall–Kier alpha value is -2.89. The second-order valence-corrected chi connectivity index (χ2v) is 6.25. The number of carbonyl (C=O) groups is 2. The Balaban J connectivity index is 2.12. The van der Waals surface area contributed by atoms with Gasteiger partial charge in [0.05, 0.1) is 13.2 Å². The molecule has 0 bridgehead atoms. The summed E-state index contributed by atoms with van der Waals surface area (Å²) in [4.78, 5) is 24.7. The van der Waals surface area contributed by atoms with Gasteiger partial charge in [0.2, 0.25) is 0 Å². The molecule has 2 rings (SSSR count). The number of rotatable bonds is 10. The lowest BCUT2D eigenvalue weighted by Gasteiger charge is -2.26. The molecule has 0 fully saturated rings. The van der Waals surface area contributed by atoms with E-state index in [1.807, 2.05) is 30.3 Å². The van der Waals surface area contributed by atoms with Crippen molar-refractivity contribution in [3.8, 4) is 5.75 Å². The minimum absolute atomic E-state index is 0.0479. The summed E-state index contributed by atoms with van der Waals surface area (Å²) in [7, 11) is 0. The Kier molecular flexibility index (Phi) is 7.99. The van der Waals surface area contributed by atoms with Gasteiger partial charge >= 0.3 is 11.9 Å². The zero-order valence-electron chi connectivity index (χ0n) is 16.2. The zero-order chi connectivity index (χ0) is 20.4. The van der Waals surface area contributed by atoms with Crippen molar-refractivity contribution in [2.45, 2.75) is 26.9 Å². The van der Waals surface area contributed by atoms with Gasteiger partial charge in [-0.15, -0.1) is 0 Å². The van der Waals surface area contributed by atoms with Crippen molar-refractivity contribution in [3.63, 3.8) is 0 Å². The number of esters is 2. The van der Waals surface area contributed by atoms with E-state index >= 15 is 0 Å². The van der Waals surface area contributed by atoms with E-state index < -0.39 is 24.0 Å². The molecule has 0 amide bonds. The molecule has 28 heavy (non-hydrogen) atoms. The van der Waals surface area contributed by atoms with Crippen LogP contribution in [0.2, 0.25) is 0 Å². The molecule has 2 aromatic carbocycles. The quantitative estimate of drug-likeness (QED) is 0.456. The molecular weight excluding hydrogens is 363 g/mol. The maximum atomic E-state index is 13.9. The van der Waals surface area contributed by atoms with E-state index in [9.17, 15) is 14.0 Å². The highest BCUT2D eigenvalue weighted by Crippen LogP contribution is 2.29. The zero-order valence-corrected chi connectivity index (χ0v) is 16.2. The molecule has 0 heterocycles.